The number of hydrogen-bond donors (Lipinski definition) is 2. The largest absolute Gasteiger partial charge is 0.361 e. The molecule has 0 spiro atoms. The molecule has 1 saturated heterocycles. The molecule has 8 heteroatoms. The molecular weight excluding hydrogens is 548 g/mol. The third-order valence-electron chi connectivity index (χ3n) is 9.14. The first-order chi connectivity index (χ1) is 20.1. The number of nitrogens with one attached hydrogen (secondary N) is 2. The Bertz CT molecular complexity index is 1350. The summed E-state index contributed by atoms with van der Waals surface area (Å²) in [7, 11) is 0. The highest BCUT2D eigenvalue weighted by atomic mass is 35.5. The van der Waals surface area contributed by atoms with Gasteiger partial charge >= 0.3 is 0 Å². The molecule has 6 nitrogen and oxygen atoms in total. The molecule has 1 saturated carbocycles. The van der Waals surface area contributed by atoms with Crippen molar-refractivity contribution < 1.29 is 0 Å². The predicted molar refractivity (Wildman–Crippen MR) is 174 cm³/mol. The smallest absolute Gasteiger partial charge is 0.232 e. The van der Waals surface area contributed by atoms with Gasteiger partial charge in [-0.1, -0.05) is 80.1 Å². The number of fused-ring (bicyclic) bond motifs is 1. The van der Waals surface area contributed by atoms with Crippen LogP contribution in [0.1, 0.15) is 74.5 Å². The molecule has 0 unspecified atom stereocenters. The van der Waals surface area contributed by atoms with Crippen molar-refractivity contribution in [1.82, 2.24) is 15.3 Å². The SMILES string of the molecule is S=C(NCC1(c2cccc(Cl)c2)CCCCC1)Nc1nc(N2CCCCCC2)cc(N2CCc3ccccc3C2)n1. The van der Waals surface area contributed by atoms with Crippen molar-refractivity contribution in [1.29, 1.82) is 0 Å². The van der Waals surface area contributed by atoms with Gasteiger partial charge in [0.25, 0.3) is 0 Å². The maximum absolute atomic E-state index is 6.41. The van der Waals surface area contributed by atoms with Crippen LogP contribution in [0.4, 0.5) is 17.6 Å². The second kappa shape index (κ2) is 13.0. The van der Waals surface area contributed by atoms with Gasteiger partial charge in [-0.05, 0) is 73.1 Å². The van der Waals surface area contributed by atoms with Crippen LogP contribution in [0.5, 0.6) is 0 Å². The van der Waals surface area contributed by atoms with Crippen molar-refractivity contribution in [3.05, 3.63) is 76.3 Å². The number of benzene rings is 2. The van der Waals surface area contributed by atoms with E-state index in [2.05, 4.69) is 69.0 Å². The fourth-order valence-electron chi connectivity index (χ4n) is 6.80. The molecule has 3 aliphatic rings. The summed E-state index contributed by atoms with van der Waals surface area (Å²) in [4.78, 5) is 14.8. The lowest BCUT2D eigenvalue weighted by Crippen LogP contribution is -2.43. The number of nitrogens with zero attached hydrogens (tertiary/aromatic N) is 4. The molecular formula is C33H41ClN6S. The van der Waals surface area contributed by atoms with Gasteiger partial charge in [0.15, 0.2) is 5.11 Å². The summed E-state index contributed by atoms with van der Waals surface area (Å²) in [6, 6.07) is 19.3. The zero-order chi connectivity index (χ0) is 28.1. The Morgan fingerprint density at radius 2 is 1.51 bits per heavy atom. The Labute approximate surface area is 254 Å². The second-order valence-corrected chi connectivity index (χ2v) is 12.8. The van der Waals surface area contributed by atoms with E-state index in [1.54, 1.807) is 0 Å². The Morgan fingerprint density at radius 3 is 2.27 bits per heavy atom. The van der Waals surface area contributed by atoms with Crippen LogP contribution in [0.15, 0.2) is 54.6 Å². The van der Waals surface area contributed by atoms with Crippen molar-refractivity contribution >= 4 is 46.5 Å². The first-order valence-electron chi connectivity index (χ1n) is 15.3. The van der Waals surface area contributed by atoms with Crippen LogP contribution in [-0.2, 0) is 18.4 Å². The van der Waals surface area contributed by atoms with Gasteiger partial charge in [-0.3, -0.25) is 0 Å². The van der Waals surface area contributed by atoms with E-state index in [4.69, 9.17) is 33.8 Å². The third-order valence-corrected chi connectivity index (χ3v) is 9.63. The molecule has 41 heavy (non-hydrogen) atoms. The van der Waals surface area contributed by atoms with Crippen LogP contribution in [0.2, 0.25) is 5.02 Å². The van der Waals surface area contributed by atoms with Crippen molar-refractivity contribution in [3.8, 4) is 0 Å². The first-order valence-corrected chi connectivity index (χ1v) is 16.1. The number of rotatable bonds is 6. The highest BCUT2D eigenvalue weighted by molar-refractivity contribution is 7.80. The van der Waals surface area contributed by atoms with E-state index in [-0.39, 0.29) is 5.41 Å². The van der Waals surface area contributed by atoms with E-state index in [0.29, 0.717) is 11.1 Å². The molecule has 6 rings (SSSR count). The number of halogens is 1. The molecule has 0 radical (unpaired) electrons. The molecule has 0 amide bonds. The lowest BCUT2D eigenvalue weighted by atomic mass is 9.69. The molecule has 0 atom stereocenters. The minimum Gasteiger partial charge on any atom is -0.361 e. The number of thiocarbonyl (C=S) groups is 1. The highest BCUT2D eigenvalue weighted by Crippen LogP contribution is 2.40. The lowest BCUT2D eigenvalue weighted by molar-refractivity contribution is 0.292. The summed E-state index contributed by atoms with van der Waals surface area (Å²) in [5.41, 5.74) is 4.13. The Kier molecular flexibility index (Phi) is 8.92. The fourth-order valence-corrected chi connectivity index (χ4v) is 7.16. The van der Waals surface area contributed by atoms with Gasteiger partial charge in [0.2, 0.25) is 5.95 Å². The molecule has 3 heterocycles. The zero-order valence-corrected chi connectivity index (χ0v) is 25.5. The summed E-state index contributed by atoms with van der Waals surface area (Å²) in [5.74, 6) is 2.52. The van der Waals surface area contributed by atoms with Crippen molar-refractivity contribution in [2.24, 2.45) is 0 Å². The molecule has 2 N–H and O–H groups in total. The van der Waals surface area contributed by atoms with Crippen LogP contribution in [-0.4, -0.2) is 41.3 Å². The first kappa shape index (κ1) is 28.2. The molecule has 2 aliphatic heterocycles. The highest BCUT2D eigenvalue weighted by Gasteiger charge is 2.34. The normalized spacial score (nSPS) is 18.8. The van der Waals surface area contributed by atoms with Gasteiger partial charge < -0.3 is 20.4 Å². The molecule has 1 aromatic heterocycles. The molecule has 2 fully saturated rings. The van der Waals surface area contributed by atoms with Gasteiger partial charge in [-0.15, -0.1) is 0 Å². The van der Waals surface area contributed by atoms with E-state index >= 15 is 0 Å². The number of aromatic nitrogens is 2. The summed E-state index contributed by atoms with van der Waals surface area (Å²) < 4.78 is 0. The van der Waals surface area contributed by atoms with Crippen LogP contribution in [0, 0.1) is 0 Å². The average molecular weight is 589 g/mol. The molecule has 0 bridgehead atoms. The molecule has 1 aliphatic carbocycles. The van der Waals surface area contributed by atoms with E-state index < -0.39 is 0 Å². The molecule has 3 aromatic rings. The topological polar surface area (TPSA) is 56.3 Å². The monoisotopic (exact) mass is 588 g/mol. The third kappa shape index (κ3) is 6.78. The summed E-state index contributed by atoms with van der Waals surface area (Å²) >= 11 is 12.3. The predicted octanol–water partition coefficient (Wildman–Crippen LogP) is 7.26. The van der Waals surface area contributed by atoms with Crippen LogP contribution in [0.25, 0.3) is 0 Å². The Morgan fingerprint density at radius 1 is 0.805 bits per heavy atom. The van der Waals surface area contributed by atoms with E-state index in [1.807, 2.05) is 6.07 Å². The van der Waals surface area contributed by atoms with E-state index in [9.17, 15) is 0 Å². The second-order valence-electron chi connectivity index (χ2n) is 11.9. The van der Waals surface area contributed by atoms with Gasteiger partial charge in [0.05, 0.1) is 0 Å². The van der Waals surface area contributed by atoms with Crippen molar-refractivity contribution in [2.75, 3.05) is 41.3 Å². The van der Waals surface area contributed by atoms with E-state index in [1.165, 1.54) is 61.6 Å². The standard InChI is InChI=1S/C33H41ClN6S/c34-28-14-10-13-27(21-28)33(16-6-3-7-17-33)24-35-32(41)38-31-36-29(39-18-8-1-2-9-19-39)22-30(37-31)40-20-15-25-11-4-5-12-26(25)23-40/h4-5,10-14,21-22H,1-3,6-9,15-20,23-24H2,(H2,35,36,37,38,41). The van der Waals surface area contributed by atoms with E-state index in [0.717, 1.165) is 68.6 Å². The van der Waals surface area contributed by atoms with Crippen molar-refractivity contribution in [2.45, 2.75) is 76.2 Å². The average Bonchev–Trinajstić information content (AvgIpc) is 3.30. The van der Waals surface area contributed by atoms with Gasteiger partial charge in [0, 0.05) is 49.2 Å². The zero-order valence-electron chi connectivity index (χ0n) is 23.9. The van der Waals surface area contributed by atoms with Gasteiger partial charge in [-0.2, -0.15) is 9.97 Å². The maximum atomic E-state index is 6.41. The molecule has 216 valence electrons. The number of anilines is 3. The van der Waals surface area contributed by atoms with Gasteiger partial charge in [0.1, 0.15) is 11.6 Å². The minimum absolute atomic E-state index is 0.0238. The maximum Gasteiger partial charge on any atom is 0.232 e. The van der Waals surface area contributed by atoms with Crippen LogP contribution >= 0.6 is 23.8 Å². The summed E-state index contributed by atoms with van der Waals surface area (Å²) in [5, 5.41) is 8.29. The summed E-state index contributed by atoms with van der Waals surface area (Å²) in [6.07, 6.45) is 12.0. The van der Waals surface area contributed by atoms with Crippen LogP contribution < -0.4 is 20.4 Å². The number of hydrogen-bond acceptors (Lipinski definition) is 5. The Hall–Kier alpha value is -2.90. The fraction of sp³-hybridized carbons (Fsp3) is 0.485. The quantitative estimate of drug-likeness (QED) is 0.294. The summed E-state index contributed by atoms with van der Waals surface area (Å²) in [6.45, 7) is 4.63. The van der Waals surface area contributed by atoms with Gasteiger partial charge in [-0.25, -0.2) is 0 Å². The minimum atomic E-state index is 0.0238. The van der Waals surface area contributed by atoms with Crippen molar-refractivity contribution in [3.63, 3.8) is 0 Å². The lowest BCUT2D eigenvalue weighted by Gasteiger charge is -2.38. The Balaban J connectivity index is 1.22. The molecule has 2 aromatic carbocycles. The van der Waals surface area contributed by atoms with Crippen LogP contribution in [0.3, 0.4) is 0 Å².